The molecule has 1 aromatic carbocycles. The fourth-order valence-electron chi connectivity index (χ4n) is 3.87. The van der Waals surface area contributed by atoms with Gasteiger partial charge in [0.15, 0.2) is 0 Å². The minimum absolute atomic E-state index is 0.574. The lowest BCUT2D eigenvalue weighted by Crippen LogP contribution is -2.36. The quantitative estimate of drug-likeness (QED) is 0.826. The van der Waals surface area contributed by atoms with E-state index in [1.54, 1.807) is 0 Å². The molecule has 2 atom stereocenters. The standard InChI is InChI=1S/C17H24BrN/c1-12(13-6-3-2-4-7-13)19-17-11-10-14-15(17)8-5-9-16(14)18/h5,8-9,12-13,17,19H,2-4,6-7,10-11H2,1H3/t12-,17?/m0/s1. The molecule has 0 amide bonds. The summed E-state index contributed by atoms with van der Waals surface area (Å²) in [5, 5.41) is 3.91. The summed E-state index contributed by atoms with van der Waals surface area (Å²) in [5.74, 6) is 0.893. The normalized spacial score (nSPS) is 25.3. The Balaban J connectivity index is 1.67. The van der Waals surface area contributed by atoms with Crippen molar-refractivity contribution in [2.45, 2.75) is 64.0 Å². The van der Waals surface area contributed by atoms with Gasteiger partial charge in [0.05, 0.1) is 0 Å². The zero-order valence-electron chi connectivity index (χ0n) is 11.8. The monoisotopic (exact) mass is 321 g/mol. The molecule has 0 aliphatic heterocycles. The lowest BCUT2D eigenvalue weighted by molar-refractivity contribution is 0.264. The number of fused-ring (bicyclic) bond motifs is 1. The van der Waals surface area contributed by atoms with Crippen molar-refractivity contribution >= 4 is 15.9 Å². The van der Waals surface area contributed by atoms with Crippen molar-refractivity contribution in [3.8, 4) is 0 Å². The van der Waals surface area contributed by atoms with Gasteiger partial charge in [-0.1, -0.05) is 47.3 Å². The number of hydrogen-bond donors (Lipinski definition) is 1. The topological polar surface area (TPSA) is 12.0 Å². The fourth-order valence-corrected chi connectivity index (χ4v) is 4.45. The molecule has 3 rings (SSSR count). The van der Waals surface area contributed by atoms with E-state index in [1.807, 2.05) is 0 Å². The first kappa shape index (κ1) is 13.6. The molecule has 1 saturated carbocycles. The Morgan fingerprint density at radius 1 is 1.16 bits per heavy atom. The molecular weight excluding hydrogens is 298 g/mol. The predicted octanol–water partition coefficient (Wildman–Crippen LogP) is 4.99. The average Bonchev–Trinajstić information content (AvgIpc) is 2.84. The zero-order chi connectivity index (χ0) is 13.2. The van der Waals surface area contributed by atoms with Crippen LogP contribution in [-0.2, 0) is 6.42 Å². The summed E-state index contributed by atoms with van der Waals surface area (Å²) in [6.45, 7) is 2.39. The van der Waals surface area contributed by atoms with Crippen LogP contribution in [0.3, 0.4) is 0 Å². The summed E-state index contributed by atoms with van der Waals surface area (Å²) in [6, 6.07) is 7.89. The molecule has 0 spiro atoms. The summed E-state index contributed by atoms with van der Waals surface area (Å²) in [4.78, 5) is 0. The van der Waals surface area contributed by atoms with Crippen molar-refractivity contribution in [3.63, 3.8) is 0 Å². The Morgan fingerprint density at radius 2 is 1.95 bits per heavy atom. The first-order valence-corrected chi connectivity index (χ1v) is 8.58. The minimum atomic E-state index is 0.574. The van der Waals surface area contributed by atoms with E-state index in [9.17, 15) is 0 Å². The molecule has 0 aromatic heterocycles. The zero-order valence-corrected chi connectivity index (χ0v) is 13.4. The third-order valence-corrected chi connectivity index (χ3v) is 5.78. The van der Waals surface area contributed by atoms with Gasteiger partial charge < -0.3 is 5.32 Å². The first-order valence-electron chi connectivity index (χ1n) is 7.79. The van der Waals surface area contributed by atoms with Crippen LogP contribution in [0.15, 0.2) is 22.7 Å². The highest BCUT2D eigenvalue weighted by atomic mass is 79.9. The molecule has 2 heteroatoms. The number of hydrogen-bond acceptors (Lipinski definition) is 1. The van der Waals surface area contributed by atoms with Gasteiger partial charge in [0.25, 0.3) is 0 Å². The Morgan fingerprint density at radius 3 is 2.74 bits per heavy atom. The second kappa shape index (κ2) is 5.97. The van der Waals surface area contributed by atoms with Crippen molar-refractivity contribution in [2.75, 3.05) is 0 Å². The van der Waals surface area contributed by atoms with E-state index in [4.69, 9.17) is 0 Å². The van der Waals surface area contributed by atoms with Crippen LogP contribution in [0.25, 0.3) is 0 Å². The number of rotatable bonds is 3. The largest absolute Gasteiger partial charge is 0.307 e. The van der Waals surface area contributed by atoms with Gasteiger partial charge in [0, 0.05) is 16.6 Å². The third-order valence-electron chi connectivity index (χ3n) is 5.03. The van der Waals surface area contributed by atoms with E-state index >= 15 is 0 Å². The van der Waals surface area contributed by atoms with Gasteiger partial charge in [-0.2, -0.15) is 0 Å². The van der Waals surface area contributed by atoms with E-state index in [0.29, 0.717) is 12.1 Å². The average molecular weight is 322 g/mol. The Bertz CT molecular complexity index is 437. The molecule has 1 unspecified atom stereocenters. The highest BCUT2D eigenvalue weighted by Gasteiger charge is 2.27. The van der Waals surface area contributed by atoms with Crippen LogP contribution in [0.2, 0.25) is 0 Å². The fraction of sp³-hybridized carbons (Fsp3) is 0.647. The molecule has 1 nitrogen and oxygen atoms in total. The van der Waals surface area contributed by atoms with E-state index in [1.165, 1.54) is 60.5 Å². The number of nitrogens with one attached hydrogen (secondary N) is 1. The van der Waals surface area contributed by atoms with Gasteiger partial charge in [0.1, 0.15) is 0 Å². The second-order valence-corrected chi connectivity index (χ2v) is 7.11. The molecule has 1 fully saturated rings. The summed E-state index contributed by atoms with van der Waals surface area (Å²) in [6.07, 6.45) is 9.63. The summed E-state index contributed by atoms with van der Waals surface area (Å²) in [7, 11) is 0. The number of halogens is 1. The highest BCUT2D eigenvalue weighted by Crippen LogP contribution is 2.37. The van der Waals surface area contributed by atoms with Crippen molar-refractivity contribution in [3.05, 3.63) is 33.8 Å². The molecule has 104 valence electrons. The molecule has 1 N–H and O–H groups in total. The van der Waals surface area contributed by atoms with Gasteiger partial charge >= 0.3 is 0 Å². The van der Waals surface area contributed by atoms with Crippen LogP contribution in [0.5, 0.6) is 0 Å². The molecule has 1 aromatic rings. The van der Waals surface area contributed by atoms with Crippen LogP contribution in [0.4, 0.5) is 0 Å². The molecule has 19 heavy (non-hydrogen) atoms. The van der Waals surface area contributed by atoms with Crippen molar-refractivity contribution in [1.29, 1.82) is 0 Å². The first-order chi connectivity index (χ1) is 9.25. The molecule has 0 bridgehead atoms. The molecular formula is C17H24BrN. The van der Waals surface area contributed by atoms with Gasteiger partial charge in [-0.05, 0) is 55.7 Å². The summed E-state index contributed by atoms with van der Waals surface area (Å²) < 4.78 is 1.29. The van der Waals surface area contributed by atoms with Crippen LogP contribution in [-0.4, -0.2) is 6.04 Å². The molecule has 2 aliphatic carbocycles. The Labute approximate surface area is 125 Å². The maximum atomic E-state index is 3.91. The van der Waals surface area contributed by atoms with Crippen LogP contribution in [0, 0.1) is 5.92 Å². The smallest absolute Gasteiger partial charge is 0.0328 e. The van der Waals surface area contributed by atoms with Gasteiger partial charge in [0.2, 0.25) is 0 Å². The van der Waals surface area contributed by atoms with E-state index in [0.717, 1.165) is 5.92 Å². The molecule has 0 saturated heterocycles. The lowest BCUT2D eigenvalue weighted by atomic mass is 9.84. The molecule has 0 heterocycles. The Hall–Kier alpha value is -0.340. The van der Waals surface area contributed by atoms with Crippen LogP contribution < -0.4 is 5.32 Å². The predicted molar refractivity (Wildman–Crippen MR) is 84.4 cm³/mol. The SMILES string of the molecule is C[C@H](NC1CCc2c(Br)cccc21)C1CCCCC1. The van der Waals surface area contributed by atoms with E-state index in [2.05, 4.69) is 46.4 Å². The lowest BCUT2D eigenvalue weighted by Gasteiger charge is -2.31. The third kappa shape index (κ3) is 2.90. The molecule has 0 radical (unpaired) electrons. The maximum absolute atomic E-state index is 3.91. The minimum Gasteiger partial charge on any atom is -0.307 e. The van der Waals surface area contributed by atoms with Gasteiger partial charge in [-0.25, -0.2) is 0 Å². The van der Waals surface area contributed by atoms with Crippen molar-refractivity contribution in [1.82, 2.24) is 5.32 Å². The van der Waals surface area contributed by atoms with E-state index < -0.39 is 0 Å². The van der Waals surface area contributed by atoms with Crippen LogP contribution >= 0.6 is 15.9 Å². The second-order valence-electron chi connectivity index (χ2n) is 6.25. The number of benzene rings is 1. The van der Waals surface area contributed by atoms with E-state index in [-0.39, 0.29) is 0 Å². The Kier molecular flexibility index (Phi) is 4.28. The van der Waals surface area contributed by atoms with Gasteiger partial charge in [-0.15, -0.1) is 0 Å². The summed E-state index contributed by atoms with van der Waals surface area (Å²) >= 11 is 3.69. The maximum Gasteiger partial charge on any atom is 0.0328 e. The summed E-state index contributed by atoms with van der Waals surface area (Å²) in [5.41, 5.74) is 3.05. The highest BCUT2D eigenvalue weighted by molar-refractivity contribution is 9.10. The molecule has 2 aliphatic rings. The van der Waals surface area contributed by atoms with Crippen molar-refractivity contribution < 1.29 is 0 Å². The van der Waals surface area contributed by atoms with Gasteiger partial charge in [-0.3, -0.25) is 0 Å². The van der Waals surface area contributed by atoms with Crippen LogP contribution in [0.1, 0.15) is 62.6 Å². The van der Waals surface area contributed by atoms with Crippen molar-refractivity contribution in [2.24, 2.45) is 5.92 Å².